The molecule has 150 valence electrons. The number of nitrogens with one attached hydrogen (secondary N) is 1. The number of aryl methyl sites for hydroxylation is 2. The van der Waals surface area contributed by atoms with Crippen LogP contribution in [-0.2, 0) is 14.3 Å². The van der Waals surface area contributed by atoms with Crippen molar-refractivity contribution in [2.45, 2.75) is 13.8 Å². The highest BCUT2D eigenvalue weighted by atomic mass is 19.1. The van der Waals surface area contributed by atoms with Crippen LogP contribution < -0.4 is 10.1 Å². The first-order chi connectivity index (χ1) is 13.9. The molecular weight excluding hydrogens is 377 g/mol. The summed E-state index contributed by atoms with van der Waals surface area (Å²) < 4.78 is 24.5. The zero-order chi connectivity index (χ0) is 20.8. The van der Waals surface area contributed by atoms with Gasteiger partial charge in [0.25, 0.3) is 5.91 Å². The maximum absolute atomic E-state index is 12.8. The van der Waals surface area contributed by atoms with Crippen molar-refractivity contribution < 1.29 is 23.5 Å². The Morgan fingerprint density at radius 1 is 1.03 bits per heavy atom. The Balaban J connectivity index is 1.52. The number of anilines is 1. The summed E-state index contributed by atoms with van der Waals surface area (Å²) in [6.45, 7) is 2.94. The summed E-state index contributed by atoms with van der Waals surface area (Å²) in [7, 11) is 0. The van der Waals surface area contributed by atoms with Crippen LogP contribution in [0.5, 0.6) is 5.75 Å². The van der Waals surface area contributed by atoms with E-state index < -0.39 is 24.3 Å². The number of esters is 1. The topological polar surface area (TPSA) is 82.5 Å². The Hall–Kier alpha value is -3.68. The Kier molecular flexibility index (Phi) is 6.23. The first kappa shape index (κ1) is 20.1. The molecule has 1 heterocycles. The Labute approximate surface area is 167 Å². The lowest BCUT2D eigenvalue weighted by atomic mass is 10.2. The van der Waals surface area contributed by atoms with E-state index in [2.05, 4.69) is 10.4 Å². The molecule has 0 aliphatic carbocycles. The molecule has 1 N–H and O–H groups in total. The number of amides is 1. The fraction of sp³-hybridized carbons (Fsp3) is 0.190. The van der Waals surface area contributed by atoms with E-state index in [9.17, 15) is 14.0 Å². The van der Waals surface area contributed by atoms with Gasteiger partial charge in [-0.25, -0.2) is 13.9 Å². The minimum atomic E-state index is -0.715. The molecule has 0 bridgehead atoms. The number of rotatable bonds is 7. The number of aromatic nitrogens is 2. The summed E-state index contributed by atoms with van der Waals surface area (Å²) in [4.78, 5) is 23.9. The molecule has 0 saturated heterocycles. The van der Waals surface area contributed by atoms with Crippen LogP contribution in [0.15, 0.2) is 54.6 Å². The van der Waals surface area contributed by atoms with Gasteiger partial charge in [0, 0.05) is 6.07 Å². The van der Waals surface area contributed by atoms with Gasteiger partial charge in [-0.15, -0.1) is 0 Å². The lowest BCUT2D eigenvalue weighted by Gasteiger charge is -2.10. The van der Waals surface area contributed by atoms with Crippen molar-refractivity contribution in [3.8, 4) is 11.4 Å². The normalized spacial score (nSPS) is 10.4. The fourth-order valence-electron chi connectivity index (χ4n) is 2.51. The van der Waals surface area contributed by atoms with Gasteiger partial charge in [0.2, 0.25) is 0 Å². The number of ether oxygens (including phenoxy) is 2. The second-order valence-electron chi connectivity index (χ2n) is 6.37. The van der Waals surface area contributed by atoms with Crippen LogP contribution in [0.1, 0.15) is 11.3 Å². The van der Waals surface area contributed by atoms with Gasteiger partial charge in [-0.05, 0) is 50.2 Å². The first-order valence-corrected chi connectivity index (χ1v) is 8.88. The lowest BCUT2D eigenvalue weighted by Crippen LogP contribution is -2.24. The molecule has 0 atom stereocenters. The predicted octanol–water partition coefficient (Wildman–Crippen LogP) is 3.19. The van der Waals surface area contributed by atoms with Gasteiger partial charge in [-0.3, -0.25) is 4.79 Å². The van der Waals surface area contributed by atoms with Crippen LogP contribution in [0.25, 0.3) is 5.69 Å². The maximum atomic E-state index is 12.8. The van der Waals surface area contributed by atoms with E-state index in [1.165, 1.54) is 24.3 Å². The van der Waals surface area contributed by atoms with Crippen molar-refractivity contribution in [3.63, 3.8) is 0 Å². The van der Waals surface area contributed by atoms with Crippen molar-refractivity contribution in [1.29, 1.82) is 0 Å². The van der Waals surface area contributed by atoms with E-state index >= 15 is 0 Å². The zero-order valence-corrected chi connectivity index (χ0v) is 16.0. The van der Waals surface area contributed by atoms with E-state index in [1.54, 1.807) is 10.7 Å². The molecule has 0 aliphatic heterocycles. The molecule has 0 unspecified atom stereocenters. The number of carbonyl (C=O) groups excluding carboxylic acids is 2. The number of hydrogen-bond acceptors (Lipinski definition) is 5. The third-order valence-electron chi connectivity index (χ3n) is 3.91. The van der Waals surface area contributed by atoms with Crippen LogP contribution in [0.2, 0.25) is 0 Å². The van der Waals surface area contributed by atoms with E-state index in [0.29, 0.717) is 11.6 Å². The summed E-state index contributed by atoms with van der Waals surface area (Å²) in [5, 5.41) is 7.06. The van der Waals surface area contributed by atoms with Crippen molar-refractivity contribution >= 4 is 17.7 Å². The number of hydrogen-bond donors (Lipinski definition) is 1. The highest BCUT2D eigenvalue weighted by molar-refractivity contribution is 5.92. The smallest absolute Gasteiger partial charge is 0.344 e. The standard InChI is InChI=1S/C21H20FN3O4/c1-14-3-7-17(8-4-14)25-19(11-15(2)24-25)23-20(26)12-29-21(27)13-28-18-9-5-16(22)6-10-18/h3-11H,12-13H2,1-2H3,(H,23,26). The average Bonchev–Trinajstić information content (AvgIpc) is 3.06. The van der Waals surface area contributed by atoms with Gasteiger partial charge in [-0.2, -0.15) is 5.10 Å². The molecule has 0 fully saturated rings. The first-order valence-electron chi connectivity index (χ1n) is 8.88. The largest absolute Gasteiger partial charge is 0.482 e. The highest BCUT2D eigenvalue weighted by Gasteiger charge is 2.13. The van der Waals surface area contributed by atoms with Crippen LogP contribution in [0.4, 0.5) is 10.2 Å². The average molecular weight is 397 g/mol. The Morgan fingerprint density at radius 3 is 2.41 bits per heavy atom. The predicted molar refractivity (Wildman–Crippen MR) is 105 cm³/mol. The molecule has 0 saturated carbocycles. The van der Waals surface area contributed by atoms with Gasteiger partial charge < -0.3 is 14.8 Å². The third-order valence-corrected chi connectivity index (χ3v) is 3.91. The van der Waals surface area contributed by atoms with Gasteiger partial charge >= 0.3 is 5.97 Å². The minimum Gasteiger partial charge on any atom is -0.482 e. The number of nitrogens with zero attached hydrogens (tertiary/aromatic N) is 2. The van der Waals surface area contributed by atoms with Crippen LogP contribution >= 0.6 is 0 Å². The van der Waals surface area contributed by atoms with Crippen molar-refractivity contribution in [3.05, 3.63) is 71.7 Å². The van der Waals surface area contributed by atoms with Crippen LogP contribution in [-0.4, -0.2) is 34.9 Å². The summed E-state index contributed by atoms with van der Waals surface area (Å²) >= 11 is 0. The molecule has 29 heavy (non-hydrogen) atoms. The second-order valence-corrected chi connectivity index (χ2v) is 6.37. The SMILES string of the molecule is Cc1ccc(-n2nc(C)cc2NC(=O)COC(=O)COc2ccc(F)cc2)cc1. The molecule has 3 rings (SSSR count). The summed E-state index contributed by atoms with van der Waals surface area (Å²) in [6, 6.07) is 14.6. The van der Waals surface area contributed by atoms with Gasteiger partial charge in [0.15, 0.2) is 13.2 Å². The van der Waals surface area contributed by atoms with E-state index in [-0.39, 0.29) is 6.61 Å². The summed E-state index contributed by atoms with van der Waals surface area (Å²) in [6.07, 6.45) is 0. The molecule has 1 aromatic heterocycles. The van der Waals surface area contributed by atoms with E-state index in [4.69, 9.17) is 9.47 Å². The number of benzene rings is 2. The van der Waals surface area contributed by atoms with Gasteiger partial charge in [0.1, 0.15) is 17.4 Å². The molecule has 0 radical (unpaired) electrons. The maximum Gasteiger partial charge on any atom is 0.344 e. The van der Waals surface area contributed by atoms with Gasteiger partial charge in [0.05, 0.1) is 11.4 Å². The van der Waals surface area contributed by atoms with Crippen molar-refractivity contribution in [2.24, 2.45) is 0 Å². The molecule has 8 heteroatoms. The Morgan fingerprint density at radius 2 is 1.72 bits per heavy atom. The summed E-state index contributed by atoms with van der Waals surface area (Å²) in [5.41, 5.74) is 2.63. The van der Waals surface area contributed by atoms with Crippen molar-refractivity contribution in [2.75, 3.05) is 18.5 Å². The lowest BCUT2D eigenvalue weighted by molar-refractivity contribution is -0.149. The fourth-order valence-corrected chi connectivity index (χ4v) is 2.51. The molecule has 0 spiro atoms. The van der Waals surface area contributed by atoms with E-state index in [1.807, 2.05) is 38.1 Å². The highest BCUT2D eigenvalue weighted by Crippen LogP contribution is 2.17. The summed E-state index contributed by atoms with van der Waals surface area (Å²) in [5.74, 6) is -0.835. The van der Waals surface area contributed by atoms with E-state index in [0.717, 1.165) is 16.9 Å². The van der Waals surface area contributed by atoms with Crippen LogP contribution in [0.3, 0.4) is 0 Å². The van der Waals surface area contributed by atoms with Gasteiger partial charge in [-0.1, -0.05) is 17.7 Å². The zero-order valence-electron chi connectivity index (χ0n) is 16.0. The third kappa shape index (κ3) is 5.65. The van der Waals surface area contributed by atoms with Crippen molar-refractivity contribution in [1.82, 2.24) is 9.78 Å². The number of carbonyl (C=O) groups is 2. The molecule has 1 amide bonds. The monoisotopic (exact) mass is 397 g/mol. The number of halogens is 1. The van der Waals surface area contributed by atoms with Crippen LogP contribution in [0, 0.1) is 19.7 Å². The molecule has 2 aromatic carbocycles. The molecule has 3 aromatic rings. The molecule has 7 nitrogen and oxygen atoms in total. The Bertz CT molecular complexity index is 998. The quantitative estimate of drug-likeness (QED) is 0.619. The second kappa shape index (κ2) is 9.01. The minimum absolute atomic E-state index is 0.324. The molecule has 0 aliphatic rings. The molecular formula is C21H20FN3O4.